The van der Waals surface area contributed by atoms with Crippen molar-refractivity contribution in [2.24, 2.45) is 0 Å². The van der Waals surface area contributed by atoms with Crippen LogP contribution in [0.5, 0.6) is 0 Å². The zero-order valence-corrected chi connectivity index (χ0v) is 11.1. The third kappa shape index (κ3) is 1.71. The van der Waals surface area contributed by atoms with E-state index >= 15 is 0 Å². The van der Waals surface area contributed by atoms with Crippen LogP contribution in [-0.2, 0) is 24.9 Å². The van der Waals surface area contributed by atoms with Crippen molar-refractivity contribution < 1.29 is 0 Å². The highest BCUT2D eigenvalue weighted by Gasteiger charge is 2.38. The molecule has 3 nitrogen and oxygen atoms in total. The summed E-state index contributed by atoms with van der Waals surface area (Å²) in [5.74, 6) is 1.34. The lowest BCUT2D eigenvalue weighted by atomic mass is 9.77. The Kier molecular flexibility index (Phi) is 2.74. The summed E-state index contributed by atoms with van der Waals surface area (Å²) < 4.78 is 2.61. The van der Waals surface area contributed by atoms with Crippen molar-refractivity contribution >= 4 is 0 Å². The van der Waals surface area contributed by atoms with Crippen LogP contribution in [0.25, 0.3) is 0 Å². The third-order valence-electron chi connectivity index (χ3n) is 4.40. The maximum Gasteiger partial charge on any atom is 0.109 e. The van der Waals surface area contributed by atoms with Crippen LogP contribution < -0.4 is 5.32 Å². The first kappa shape index (κ1) is 11.3. The van der Waals surface area contributed by atoms with Crippen LogP contribution in [0.15, 0.2) is 0 Å². The molecular formula is C14H23N3. The van der Waals surface area contributed by atoms with Gasteiger partial charge in [0.1, 0.15) is 5.82 Å². The molecule has 2 aliphatic rings. The second kappa shape index (κ2) is 4.13. The van der Waals surface area contributed by atoms with Gasteiger partial charge in [0.2, 0.25) is 0 Å². The number of imidazole rings is 1. The van der Waals surface area contributed by atoms with Gasteiger partial charge in [-0.15, -0.1) is 0 Å². The van der Waals surface area contributed by atoms with Crippen molar-refractivity contribution in [1.29, 1.82) is 0 Å². The van der Waals surface area contributed by atoms with E-state index in [-0.39, 0.29) is 0 Å². The van der Waals surface area contributed by atoms with Gasteiger partial charge in [-0.3, -0.25) is 0 Å². The van der Waals surface area contributed by atoms with Gasteiger partial charge in [-0.1, -0.05) is 6.92 Å². The Morgan fingerprint density at radius 3 is 2.88 bits per heavy atom. The van der Waals surface area contributed by atoms with Gasteiger partial charge < -0.3 is 9.88 Å². The quantitative estimate of drug-likeness (QED) is 0.868. The number of aryl methyl sites for hydroxylation is 1. The van der Waals surface area contributed by atoms with E-state index in [1.54, 1.807) is 0 Å². The summed E-state index contributed by atoms with van der Waals surface area (Å²) in [5, 5.41) is 3.44. The average Bonchev–Trinajstić information content (AvgIpc) is 2.65. The number of nitrogens with one attached hydrogen (secondary N) is 1. The molecule has 0 bridgehead atoms. The predicted octanol–water partition coefficient (Wildman–Crippen LogP) is 2.38. The molecule has 1 fully saturated rings. The van der Waals surface area contributed by atoms with Crippen molar-refractivity contribution in [1.82, 2.24) is 14.9 Å². The molecule has 1 aliphatic carbocycles. The van der Waals surface area contributed by atoms with Gasteiger partial charge in [0, 0.05) is 37.2 Å². The third-order valence-corrected chi connectivity index (χ3v) is 4.40. The monoisotopic (exact) mass is 233 g/mol. The normalized spacial score (nSPS) is 22.0. The molecule has 17 heavy (non-hydrogen) atoms. The SMILES string of the molecule is CCCc1nc2c(n1C1(C)CCC1)CCNC2. The molecule has 1 aliphatic heterocycles. The Labute approximate surface area is 104 Å². The number of aromatic nitrogens is 2. The lowest BCUT2D eigenvalue weighted by Gasteiger charge is -2.42. The Balaban J connectivity index is 2.05. The summed E-state index contributed by atoms with van der Waals surface area (Å²) in [6.45, 7) is 6.74. The van der Waals surface area contributed by atoms with E-state index in [0.717, 1.165) is 25.9 Å². The topological polar surface area (TPSA) is 29.9 Å². The Morgan fingerprint density at radius 1 is 1.41 bits per heavy atom. The molecule has 1 aromatic heterocycles. The van der Waals surface area contributed by atoms with Crippen molar-refractivity contribution in [3.05, 3.63) is 17.2 Å². The fraction of sp³-hybridized carbons (Fsp3) is 0.786. The summed E-state index contributed by atoms with van der Waals surface area (Å²) in [6.07, 6.45) is 7.52. The molecule has 1 saturated carbocycles. The highest BCUT2D eigenvalue weighted by molar-refractivity contribution is 5.23. The maximum atomic E-state index is 4.89. The van der Waals surface area contributed by atoms with Crippen LogP contribution in [0.1, 0.15) is 56.7 Å². The molecule has 94 valence electrons. The van der Waals surface area contributed by atoms with Gasteiger partial charge in [-0.25, -0.2) is 4.98 Å². The number of hydrogen-bond acceptors (Lipinski definition) is 2. The lowest BCUT2D eigenvalue weighted by molar-refractivity contribution is 0.158. The molecule has 2 heterocycles. The number of fused-ring (bicyclic) bond motifs is 1. The standard InChI is InChI=1S/C14H23N3/c1-3-5-13-16-11-10-15-9-6-12(11)17(13)14(2)7-4-8-14/h15H,3-10H2,1-2H3. The van der Waals surface area contributed by atoms with E-state index in [0.29, 0.717) is 5.54 Å². The van der Waals surface area contributed by atoms with Crippen molar-refractivity contribution in [2.45, 2.75) is 64.5 Å². The molecule has 0 radical (unpaired) electrons. The van der Waals surface area contributed by atoms with Gasteiger partial charge in [-0.05, 0) is 32.6 Å². The maximum absolute atomic E-state index is 4.89. The Morgan fingerprint density at radius 2 is 2.24 bits per heavy atom. The smallest absolute Gasteiger partial charge is 0.109 e. The second-order valence-corrected chi connectivity index (χ2v) is 5.78. The van der Waals surface area contributed by atoms with Crippen LogP contribution >= 0.6 is 0 Å². The van der Waals surface area contributed by atoms with Crippen molar-refractivity contribution in [3.63, 3.8) is 0 Å². The molecular weight excluding hydrogens is 210 g/mol. The predicted molar refractivity (Wildman–Crippen MR) is 69.1 cm³/mol. The van der Waals surface area contributed by atoms with Crippen molar-refractivity contribution in [3.8, 4) is 0 Å². The van der Waals surface area contributed by atoms with Crippen LogP contribution in [0, 0.1) is 0 Å². The minimum absolute atomic E-state index is 0.377. The summed E-state index contributed by atoms with van der Waals surface area (Å²) >= 11 is 0. The van der Waals surface area contributed by atoms with Gasteiger partial charge in [0.05, 0.1) is 5.69 Å². The number of rotatable bonds is 3. The van der Waals surface area contributed by atoms with Crippen LogP contribution in [0.4, 0.5) is 0 Å². The van der Waals surface area contributed by atoms with E-state index in [1.165, 1.54) is 42.9 Å². The van der Waals surface area contributed by atoms with Gasteiger partial charge in [-0.2, -0.15) is 0 Å². The number of nitrogens with zero attached hydrogens (tertiary/aromatic N) is 2. The Bertz CT molecular complexity index is 415. The van der Waals surface area contributed by atoms with Crippen LogP contribution in [0.2, 0.25) is 0 Å². The summed E-state index contributed by atoms with van der Waals surface area (Å²) in [4.78, 5) is 4.89. The molecule has 0 atom stereocenters. The minimum atomic E-state index is 0.377. The summed E-state index contributed by atoms with van der Waals surface area (Å²) in [5.41, 5.74) is 3.21. The lowest BCUT2D eigenvalue weighted by Crippen LogP contribution is -2.40. The van der Waals surface area contributed by atoms with Crippen LogP contribution in [0.3, 0.4) is 0 Å². The van der Waals surface area contributed by atoms with Gasteiger partial charge in [0.25, 0.3) is 0 Å². The summed E-state index contributed by atoms with van der Waals surface area (Å²) in [7, 11) is 0. The first-order chi connectivity index (χ1) is 8.24. The van der Waals surface area contributed by atoms with E-state index in [1.807, 2.05) is 0 Å². The fourth-order valence-electron chi connectivity index (χ4n) is 3.31. The average molecular weight is 233 g/mol. The zero-order chi connectivity index (χ0) is 11.9. The molecule has 0 spiro atoms. The molecule has 3 heteroatoms. The van der Waals surface area contributed by atoms with Gasteiger partial charge in [0.15, 0.2) is 0 Å². The van der Waals surface area contributed by atoms with Crippen LogP contribution in [-0.4, -0.2) is 16.1 Å². The first-order valence-corrected chi connectivity index (χ1v) is 7.05. The minimum Gasteiger partial charge on any atom is -0.326 e. The summed E-state index contributed by atoms with van der Waals surface area (Å²) in [6, 6.07) is 0. The molecule has 1 aromatic rings. The largest absolute Gasteiger partial charge is 0.326 e. The molecule has 0 aromatic carbocycles. The van der Waals surface area contributed by atoms with E-state index in [9.17, 15) is 0 Å². The molecule has 0 unspecified atom stereocenters. The molecule has 1 N–H and O–H groups in total. The molecule has 0 saturated heterocycles. The van der Waals surface area contributed by atoms with Crippen molar-refractivity contribution in [2.75, 3.05) is 6.54 Å². The molecule has 0 amide bonds. The molecule has 3 rings (SSSR count). The van der Waals surface area contributed by atoms with E-state index in [2.05, 4.69) is 23.7 Å². The van der Waals surface area contributed by atoms with E-state index < -0.39 is 0 Å². The highest BCUT2D eigenvalue weighted by atomic mass is 15.2. The second-order valence-electron chi connectivity index (χ2n) is 5.78. The van der Waals surface area contributed by atoms with E-state index in [4.69, 9.17) is 4.98 Å². The first-order valence-electron chi connectivity index (χ1n) is 7.05. The Hall–Kier alpha value is -0.830. The fourth-order valence-corrected chi connectivity index (χ4v) is 3.31. The number of hydrogen-bond donors (Lipinski definition) is 1. The zero-order valence-electron chi connectivity index (χ0n) is 11.1. The highest BCUT2D eigenvalue weighted by Crippen LogP contribution is 2.41. The van der Waals surface area contributed by atoms with Gasteiger partial charge >= 0.3 is 0 Å².